The molecule has 0 fully saturated rings. The van der Waals surface area contributed by atoms with Crippen LogP contribution in [-0.4, -0.2) is 20.1 Å². The van der Waals surface area contributed by atoms with Crippen molar-refractivity contribution in [3.05, 3.63) is 97.1 Å². The van der Waals surface area contributed by atoms with Crippen molar-refractivity contribution >= 4 is 44.3 Å². The van der Waals surface area contributed by atoms with Crippen LogP contribution in [0.5, 0.6) is 5.75 Å². The highest BCUT2D eigenvalue weighted by Crippen LogP contribution is 2.38. The SMILES string of the molecule is Oc1cc2nc3ccccc3nc2c2c(Nc3ccccc3)cc(-c3ccccc3)nc12. The van der Waals surface area contributed by atoms with Crippen LogP contribution in [0.3, 0.4) is 0 Å². The fourth-order valence-electron chi connectivity index (χ4n) is 4.00. The topological polar surface area (TPSA) is 70.9 Å². The second kappa shape index (κ2) is 7.32. The maximum Gasteiger partial charge on any atom is 0.144 e. The summed E-state index contributed by atoms with van der Waals surface area (Å²) in [4.78, 5) is 14.5. The van der Waals surface area contributed by atoms with Crippen LogP contribution in [0.15, 0.2) is 97.1 Å². The molecule has 0 aliphatic carbocycles. The molecule has 0 aliphatic rings. The molecule has 5 heteroatoms. The van der Waals surface area contributed by atoms with E-state index in [1.54, 1.807) is 6.07 Å². The van der Waals surface area contributed by atoms with Gasteiger partial charge in [0.15, 0.2) is 0 Å². The summed E-state index contributed by atoms with van der Waals surface area (Å²) < 4.78 is 0. The third kappa shape index (κ3) is 3.08. The van der Waals surface area contributed by atoms with Crippen molar-refractivity contribution < 1.29 is 5.11 Å². The van der Waals surface area contributed by atoms with Crippen molar-refractivity contribution in [2.24, 2.45) is 0 Å². The van der Waals surface area contributed by atoms with Gasteiger partial charge in [-0.25, -0.2) is 15.0 Å². The number of anilines is 2. The van der Waals surface area contributed by atoms with Gasteiger partial charge in [0, 0.05) is 17.3 Å². The van der Waals surface area contributed by atoms with Gasteiger partial charge >= 0.3 is 0 Å². The fraction of sp³-hybridized carbons (Fsp3) is 0. The third-order valence-corrected chi connectivity index (χ3v) is 5.49. The van der Waals surface area contributed by atoms with E-state index in [2.05, 4.69) is 5.32 Å². The number of phenolic OH excluding ortho intramolecular Hbond substituents is 1. The average Bonchev–Trinajstić information content (AvgIpc) is 2.84. The first-order chi connectivity index (χ1) is 15.8. The van der Waals surface area contributed by atoms with Crippen molar-refractivity contribution in [3.63, 3.8) is 0 Å². The largest absolute Gasteiger partial charge is 0.506 e. The second-order valence-corrected chi connectivity index (χ2v) is 7.61. The Kier molecular flexibility index (Phi) is 4.18. The number of nitrogens with one attached hydrogen (secondary N) is 1. The molecule has 0 aliphatic heterocycles. The molecule has 0 bridgehead atoms. The summed E-state index contributed by atoms with van der Waals surface area (Å²) >= 11 is 0. The van der Waals surface area contributed by atoms with Crippen molar-refractivity contribution in [2.75, 3.05) is 5.32 Å². The first-order valence-corrected chi connectivity index (χ1v) is 10.4. The minimum Gasteiger partial charge on any atom is -0.506 e. The van der Waals surface area contributed by atoms with Gasteiger partial charge in [-0.05, 0) is 30.3 Å². The quantitative estimate of drug-likeness (QED) is 0.257. The number of rotatable bonds is 3. The molecule has 2 N–H and O–H groups in total. The standard InChI is InChI=1S/C27H18N4O/c32-24-16-23-26(30-20-14-8-7-13-19(20)29-23)25-22(28-18-11-5-2-6-12-18)15-21(31-27(24)25)17-9-3-1-4-10-17/h1-16,32H,(H,28,31). The van der Waals surface area contributed by atoms with Crippen molar-refractivity contribution in [3.8, 4) is 17.0 Å². The van der Waals surface area contributed by atoms with Crippen molar-refractivity contribution in [2.45, 2.75) is 0 Å². The maximum atomic E-state index is 10.9. The molecule has 0 unspecified atom stereocenters. The molecular formula is C27H18N4O. The molecule has 0 spiro atoms. The Labute approximate surface area is 184 Å². The molecule has 32 heavy (non-hydrogen) atoms. The Hall–Kier alpha value is -4.51. The molecule has 0 saturated heterocycles. The van der Waals surface area contributed by atoms with Gasteiger partial charge in [-0.2, -0.15) is 0 Å². The van der Waals surface area contributed by atoms with Gasteiger partial charge in [0.2, 0.25) is 0 Å². The van der Waals surface area contributed by atoms with Crippen LogP contribution < -0.4 is 5.32 Å². The van der Waals surface area contributed by atoms with Crippen LogP contribution in [0.4, 0.5) is 11.4 Å². The number of aromatic nitrogens is 3. The zero-order chi connectivity index (χ0) is 21.5. The summed E-state index contributed by atoms with van der Waals surface area (Å²) in [5.74, 6) is 0.0750. The Morgan fingerprint density at radius 3 is 2.00 bits per heavy atom. The molecular weight excluding hydrogens is 396 g/mol. The number of para-hydroxylation sites is 3. The lowest BCUT2D eigenvalue weighted by molar-refractivity contribution is 0.481. The van der Waals surface area contributed by atoms with E-state index in [4.69, 9.17) is 15.0 Å². The van der Waals surface area contributed by atoms with E-state index < -0.39 is 0 Å². The van der Waals surface area contributed by atoms with Gasteiger partial charge in [0.25, 0.3) is 0 Å². The van der Waals surface area contributed by atoms with E-state index in [-0.39, 0.29) is 5.75 Å². The highest BCUT2D eigenvalue weighted by atomic mass is 16.3. The third-order valence-electron chi connectivity index (χ3n) is 5.49. The minimum absolute atomic E-state index is 0.0750. The first kappa shape index (κ1) is 18.3. The van der Waals surface area contributed by atoms with Crippen LogP contribution in [0, 0.1) is 0 Å². The van der Waals surface area contributed by atoms with Gasteiger partial charge in [0.1, 0.15) is 16.8 Å². The molecule has 4 aromatic carbocycles. The molecule has 0 radical (unpaired) electrons. The van der Waals surface area contributed by atoms with Crippen LogP contribution in [0.25, 0.3) is 44.2 Å². The van der Waals surface area contributed by atoms with Crippen LogP contribution in [-0.2, 0) is 0 Å². The van der Waals surface area contributed by atoms with Gasteiger partial charge < -0.3 is 10.4 Å². The van der Waals surface area contributed by atoms with E-state index in [0.717, 1.165) is 39.1 Å². The highest BCUT2D eigenvalue weighted by molar-refractivity contribution is 6.14. The summed E-state index contributed by atoms with van der Waals surface area (Å²) in [6.45, 7) is 0. The summed E-state index contributed by atoms with van der Waals surface area (Å²) in [7, 11) is 0. The number of pyridine rings is 1. The van der Waals surface area contributed by atoms with E-state index in [9.17, 15) is 5.11 Å². The van der Waals surface area contributed by atoms with Gasteiger partial charge in [-0.15, -0.1) is 0 Å². The summed E-state index contributed by atoms with van der Waals surface area (Å²) in [5, 5.41) is 15.2. The first-order valence-electron chi connectivity index (χ1n) is 10.4. The number of hydrogen-bond acceptors (Lipinski definition) is 5. The van der Waals surface area contributed by atoms with Gasteiger partial charge in [-0.1, -0.05) is 60.7 Å². The minimum atomic E-state index is 0.0750. The molecule has 0 amide bonds. The summed E-state index contributed by atoms with van der Waals surface area (Å²) in [5.41, 5.74) is 6.86. The maximum absolute atomic E-state index is 10.9. The Morgan fingerprint density at radius 1 is 0.594 bits per heavy atom. The molecule has 5 nitrogen and oxygen atoms in total. The smallest absolute Gasteiger partial charge is 0.144 e. The summed E-state index contributed by atoms with van der Waals surface area (Å²) in [6.07, 6.45) is 0. The molecule has 6 aromatic rings. The van der Waals surface area contributed by atoms with Crippen LogP contribution in [0.2, 0.25) is 0 Å². The Morgan fingerprint density at radius 2 is 1.25 bits per heavy atom. The van der Waals surface area contributed by atoms with Gasteiger partial charge in [-0.3, -0.25) is 0 Å². The number of hydrogen-bond donors (Lipinski definition) is 2. The molecule has 0 saturated carbocycles. The molecule has 6 rings (SSSR count). The van der Waals surface area contributed by atoms with Crippen molar-refractivity contribution in [1.82, 2.24) is 15.0 Å². The van der Waals surface area contributed by atoms with E-state index in [1.807, 2.05) is 91.0 Å². The fourth-order valence-corrected chi connectivity index (χ4v) is 4.00. The molecule has 0 atom stereocenters. The molecule has 2 heterocycles. The predicted molar refractivity (Wildman–Crippen MR) is 129 cm³/mol. The number of benzene rings is 4. The number of nitrogens with zero attached hydrogens (tertiary/aromatic N) is 3. The van der Waals surface area contributed by atoms with E-state index >= 15 is 0 Å². The average molecular weight is 414 g/mol. The van der Waals surface area contributed by atoms with Gasteiger partial charge in [0.05, 0.1) is 33.3 Å². The van der Waals surface area contributed by atoms with Crippen molar-refractivity contribution in [1.29, 1.82) is 0 Å². The molecule has 152 valence electrons. The number of aromatic hydroxyl groups is 1. The number of phenols is 1. The lowest BCUT2D eigenvalue weighted by Gasteiger charge is -2.15. The van der Waals surface area contributed by atoms with E-state index in [0.29, 0.717) is 16.6 Å². The predicted octanol–water partition coefficient (Wildman–Crippen LogP) is 6.45. The number of fused-ring (bicyclic) bond motifs is 4. The Balaban J connectivity index is 1.71. The monoisotopic (exact) mass is 414 g/mol. The lowest BCUT2D eigenvalue weighted by Crippen LogP contribution is -1.98. The van der Waals surface area contributed by atoms with Crippen LogP contribution >= 0.6 is 0 Å². The Bertz CT molecular complexity index is 1600. The second-order valence-electron chi connectivity index (χ2n) is 7.61. The van der Waals surface area contributed by atoms with E-state index in [1.165, 1.54) is 0 Å². The zero-order valence-electron chi connectivity index (χ0n) is 17.0. The molecule has 2 aromatic heterocycles. The lowest BCUT2D eigenvalue weighted by atomic mass is 10.0. The highest BCUT2D eigenvalue weighted by Gasteiger charge is 2.17. The zero-order valence-corrected chi connectivity index (χ0v) is 17.0. The van der Waals surface area contributed by atoms with Crippen LogP contribution in [0.1, 0.15) is 0 Å². The summed E-state index contributed by atoms with van der Waals surface area (Å²) in [6, 6.07) is 31.2. The normalized spacial score (nSPS) is 11.2.